The van der Waals surface area contributed by atoms with E-state index >= 15 is 0 Å². The minimum absolute atomic E-state index is 0.0135. The van der Waals surface area contributed by atoms with Gasteiger partial charge in [-0.05, 0) is 24.3 Å². The van der Waals surface area contributed by atoms with Crippen molar-refractivity contribution in [1.29, 1.82) is 0 Å². The molecule has 0 bridgehead atoms. The van der Waals surface area contributed by atoms with Crippen LogP contribution < -0.4 is 5.32 Å². The van der Waals surface area contributed by atoms with Gasteiger partial charge in [-0.2, -0.15) is 11.3 Å². The first-order valence-corrected chi connectivity index (χ1v) is 8.96. The summed E-state index contributed by atoms with van der Waals surface area (Å²) in [5.74, 6) is 1.06. The molecule has 3 rings (SSSR count). The van der Waals surface area contributed by atoms with Gasteiger partial charge >= 0.3 is 0 Å². The van der Waals surface area contributed by atoms with E-state index in [-0.39, 0.29) is 17.7 Å². The van der Waals surface area contributed by atoms with Crippen molar-refractivity contribution in [2.45, 2.75) is 12.8 Å². The zero-order valence-electron chi connectivity index (χ0n) is 11.6. The molecule has 0 saturated carbocycles. The molecular weight excluding hydrogens is 306 g/mol. The van der Waals surface area contributed by atoms with Crippen LogP contribution in [0.15, 0.2) is 21.8 Å². The number of thiophene rings is 1. The van der Waals surface area contributed by atoms with Gasteiger partial charge in [0.1, 0.15) is 0 Å². The monoisotopic (exact) mass is 323 g/mol. The van der Waals surface area contributed by atoms with Gasteiger partial charge in [-0.3, -0.25) is 14.6 Å². The van der Waals surface area contributed by atoms with Gasteiger partial charge in [-0.1, -0.05) is 11.8 Å². The normalized spacial score (nSPS) is 19.4. The van der Waals surface area contributed by atoms with Gasteiger partial charge in [0, 0.05) is 30.1 Å². The highest BCUT2D eigenvalue weighted by Crippen LogP contribution is 2.21. The lowest BCUT2D eigenvalue weighted by Gasteiger charge is -2.31. The number of nitrogens with zero attached hydrogens (tertiary/aromatic N) is 2. The molecule has 21 heavy (non-hydrogen) atoms. The van der Waals surface area contributed by atoms with E-state index in [1.807, 2.05) is 21.7 Å². The lowest BCUT2D eigenvalue weighted by Crippen LogP contribution is -2.43. The van der Waals surface area contributed by atoms with E-state index < -0.39 is 0 Å². The second-order valence-electron chi connectivity index (χ2n) is 5.10. The summed E-state index contributed by atoms with van der Waals surface area (Å²) in [6.07, 6.45) is 1.44. The Morgan fingerprint density at radius 3 is 2.76 bits per heavy atom. The number of likely N-dealkylation sites (tertiary alicyclic amines) is 1. The van der Waals surface area contributed by atoms with Crippen LogP contribution in [0.5, 0.6) is 0 Å². The van der Waals surface area contributed by atoms with Crippen LogP contribution in [-0.2, 0) is 4.79 Å². The molecule has 1 aromatic heterocycles. The third-order valence-electron chi connectivity index (χ3n) is 3.74. The first-order chi connectivity index (χ1) is 10.2. The summed E-state index contributed by atoms with van der Waals surface area (Å²) >= 11 is 3.12. The van der Waals surface area contributed by atoms with Gasteiger partial charge < -0.3 is 10.2 Å². The summed E-state index contributed by atoms with van der Waals surface area (Å²) in [6, 6.07) is 1.85. The Labute approximate surface area is 131 Å². The lowest BCUT2D eigenvalue weighted by molar-refractivity contribution is -0.124. The Morgan fingerprint density at radius 2 is 2.14 bits per heavy atom. The number of nitrogens with one attached hydrogen (secondary N) is 1. The Hall–Kier alpha value is -1.34. The summed E-state index contributed by atoms with van der Waals surface area (Å²) in [4.78, 5) is 30.5. The molecule has 3 heterocycles. The van der Waals surface area contributed by atoms with Crippen molar-refractivity contribution in [3.8, 4) is 0 Å². The molecule has 1 N–H and O–H groups in total. The van der Waals surface area contributed by atoms with Gasteiger partial charge in [0.05, 0.1) is 12.1 Å². The number of thioether (sulfide) groups is 1. The second kappa shape index (κ2) is 6.62. The number of aliphatic imine (C=N–C) groups is 1. The first-order valence-electron chi connectivity index (χ1n) is 7.03. The van der Waals surface area contributed by atoms with E-state index in [1.165, 1.54) is 11.3 Å². The highest BCUT2D eigenvalue weighted by atomic mass is 32.2. The number of carbonyl (C=O) groups excluding carboxylic acids is 2. The molecular formula is C14H17N3O2S2. The fourth-order valence-corrected chi connectivity index (χ4v) is 3.89. The number of carbonyl (C=O) groups is 2. The highest BCUT2D eigenvalue weighted by Gasteiger charge is 2.28. The number of rotatable bonds is 2. The Bertz CT molecular complexity index is 549. The SMILES string of the molecule is O=C(NC1=NCCS1)C1CCN(C(=O)c2ccsc2)CC1. The van der Waals surface area contributed by atoms with Crippen LogP contribution in [0.1, 0.15) is 23.2 Å². The zero-order valence-corrected chi connectivity index (χ0v) is 13.2. The van der Waals surface area contributed by atoms with Gasteiger partial charge in [0.2, 0.25) is 5.91 Å². The molecule has 112 valence electrons. The van der Waals surface area contributed by atoms with Crippen molar-refractivity contribution in [3.63, 3.8) is 0 Å². The zero-order chi connectivity index (χ0) is 14.7. The fraction of sp³-hybridized carbons (Fsp3) is 0.500. The summed E-state index contributed by atoms with van der Waals surface area (Å²) in [5, 5.41) is 7.42. The average molecular weight is 323 g/mol. The maximum Gasteiger partial charge on any atom is 0.254 e. The summed E-state index contributed by atoms with van der Waals surface area (Å²) in [6.45, 7) is 2.08. The molecule has 0 spiro atoms. The molecule has 5 nitrogen and oxygen atoms in total. The van der Waals surface area contributed by atoms with Crippen LogP contribution >= 0.6 is 23.1 Å². The van der Waals surface area contributed by atoms with E-state index in [1.54, 1.807) is 11.8 Å². The van der Waals surface area contributed by atoms with Gasteiger partial charge in [0.25, 0.3) is 5.91 Å². The van der Waals surface area contributed by atoms with Crippen LogP contribution in [0, 0.1) is 5.92 Å². The van der Waals surface area contributed by atoms with Crippen molar-refractivity contribution >= 4 is 40.1 Å². The van der Waals surface area contributed by atoms with E-state index in [4.69, 9.17) is 0 Å². The summed E-state index contributed by atoms with van der Waals surface area (Å²) < 4.78 is 0. The molecule has 2 aliphatic rings. The molecule has 0 unspecified atom stereocenters. The van der Waals surface area contributed by atoms with Crippen LogP contribution in [0.2, 0.25) is 0 Å². The molecule has 7 heteroatoms. The predicted molar refractivity (Wildman–Crippen MR) is 85.8 cm³/mol. The average Bonchev–Trinajstić information content (AvgIpc) is 3.20. The van der Waals surface area contributed by atoms with Gasteiger partial charge in [-0.15, -0.1) is 0 Å². The Morgan fingerprint density at radius 1 is 1.33 bits per heavy atom. The largest absolute Gasteiger partial charge is 0.339 e. The number of hydrogen-bond acceptors (Lipinski definition) is 5. The van der Waals surface area contributed by atoms with Crippen LogP contribution in [0.25, 0.3) is 0 Å². The van der Waals surface area contributed by atoms with Crippen molar-refractivity contribution in [3.05, 3.63) is 22.4 Å². The molecule has 1 saturated heterocycles. The van der Waals surface area contributed by atoms with Crippen LogP contribution in [0.3, 0.4) is 0 Å². The number of amides is 2. The molecule has 1 fully saturated rings. The number of amidine groups is 1. The highest BCUT2D eigenvalue weighted by molar-refractivity contribution is 8.14. The summed E-state index contributed by atoms with van der Waals surface area (Å²) in [5.41, 5.74) is 0.750. The van der Waals surface area contributed by atoms with Gasteiger partial charge in [-0.25, -0.2) is 0 Å². The molecule has 0 aromatic carbocycles. The Balaban J connectivity index is 1.50. The predicted octanol–water partition coefficient (Wildman–Crippen LogP) is 1.82. The molecule has 0 radical (unpaired) electrons. The number of piperidine rings is 1. The Kier molecular flexibility index (Phi) is 4.60. The van der Waals surface area contributed by atoms with Crippen LogP contribution in [0.4, 0.5) is 0 Å². The molecule has 0 atom stereocenters. The third-order valence-corrected chi connectivity index (χ3v) is 5.31. The third kappa shape index (κ3) is 3.47. The first kappa shape index (κ1) is 14.6. The minimum Gasteiger partial charge on any atom is -0.339 e. The van der Waals surface area contributed by atoms with Gasteiger partial charge in [0.15, 0.2) is 5.17 Å². The topological polar surface area (TPSA) is 61.8 Å². The van der Waals surface area contributed by atoms with Crippen molar-refractivity contribution < 1.29 is 9.59 Å². The quantitative estimate of drug-likeness (QED) is 0.903. The van der Waals surface area contributed by atoms with E-state index in [2.05, 4.69) is 10.3 Å². The van der Waals surface area contributed by atoms with Crippen molar-refractivity contribution in [1.82, 2.24) is 10.2 Å². The fourth-order valence-electron chi connectivity index (χ4n) is 2.53. The molecule has 2 amide bonds. The van der Waals surface area contributed by atoms with Crippen LogP contribution in [-0.4, -0.2) is 47.3 Å². The van der Waals surface area contributed by atoms with E-state index in [0.29, 0.717) is 13.1 Å². The van der Waals surface area contributed by atoms with Crippen molar-refractivity contribution in [2.75, 3.05) is 25.4 Å². The number of hydrogen-bond donors (Lipinski definition) is 1. The maximum atomic E-state index is 12.2. The molecule has 0 aliphatic carbocycles. The van der Waals surface area contributed by atoms with E-state index in [9.17, 15) is 9.59 Å². The molecule has 1 aromatic rings. The minimum atomic E-state index is -0.0135. The second-order valence-corrected chi connectivity index (χ2v) is 6.97. The lowest BCUT2D eigenvalue weighted by atomic mass is 9.95. The van der Waals surface area contributed by atoms with E-state index in [0.717, 1.165) is 35.9 Å². The maximum absolute atomic E-state index is 12.2. The smallest absolute Gasteiger partial charge is 0.254 e. The summed E-state index contributed by atoms with van der Waals surface area (Å²) in [7, 11) is 0. The molecule has 2 aliphatic heterocycles. The standard InChI is InChI=1S/C14H17N3O2S2/c18-12(16-14-15-4-8-21-14)10-1-5-17(6-2-10)13(19)11-3-7-20-9-11/h3,7,9-10H,1-2,4-6,8H2,(H,15,16,18). The van der Waals surface area contributed by atoms with Crippen molar-refractivity contribution in [2.24, 2.45) is 10.9 Å².